The van der Waals surface area contributed by atoms with Crippen LogP contribution >= 0.6 is 22.6 Å². The molecule has 0 unspecified atom stereocenters. The Morgan fingerprint density at radius 2 is 1.60 bits per heavy atom. The smallest absolute Gasteiger partial charge is 0.393 e. The molecule has 3 heterocycles. The maximum Gasteiger partial charge on any atom is 0.737 e. The number of halogens is 3. The number of rotatable bonds is 4. The summed E-state index contributed by atoms with van der Waals surface area (Å²) in [6.07, 6.45) is 5.58. The molecule has 0 radical (unpaired) electrons. The molecule has 3 aromatic rings. The maximum absolute atomic E-state index is 16.3. The first-order chi connectivity index (χ1) is 16.6. The van der Waals surface area contributed by atoms with E-state index >= 15 is 8.63 Å². The highest BCUT2D eigenvalue weighted by atomic mass is 127. The van der Waals surface area contributed by atoms with Gasteiger partial charge in [-0.2, -0.15) is 0 Å². The van der Waals surface area contributed by atoms with Gasteiger partial charge in [-0.1, -0.05) is 24.3 Å². The van der Waals surface area contributed by atoms with E-state index in [1.807, 2.05) is 99.6 Å². The van der Waals surface area contributed by atoms with Gasteiger partial charge in [0.15, 0.2) is 11.4 Å². The highest BCUT2D eigenvalue weighted by Crippen LogP contribution is 2.44. The van der Waals surface area contributed by atoms with Crippen molar-refractivity contribution in [1.29, 1.82) is 0 Å². The zero-order valence-corrected chi connectivity index (χ0v) is 22.6. The Labute approximate surface area is 219 Å². The van der Waals surface area contributed by atoms with Crippen LogP contribution in [0.15, 0.2) is 78.0 Å². The average molecular weight is 581 g/mol. The quantitative estimate of drug-likeness (QED) is 0.241. The summed E-state index contributed by atoms with van der Waals surface area (Å²) in [5, 5.41) is 0. The van der Waals surface area contributed by atoms with Gasteiger partial charge in [0, 0.05) is 46.8 Å². The molecular weight excluding hydrogens is 554 g/mol. The summed E-state index contributed by atoms with van der Waals surface area (Å²) in [6.45, 7) is 1.55. The standard InChI is InChI=1S/C28H27BF2IN3/c1-18-16-20(3)34-27(18)26(22-9-11-23(32)12-10-22)28-19(2)17-25(35(28)29(34,30)31)15-8-21-6-13-24(14-7-21)33(4)5/h6-17H,1-5H3/b15-8+. The fourth-order valence-electron chi connectivity index (χ4n) is 5.18. The second kappa shape index (κ2) is 8.62. The second-order valence-corrected chi connectivity index (χ2v) is 10.7. The topological polar surface area (TPSA) is 11.2 Å². The Hall–Kier alpha value is -2.94. The summed E-state index contributed by atoms with van der Waals surface area (Å²) < 4.78 is 36.2. The number of fused-ring (bicyclic) bond motifs is 2. The van der Waals surface area contributed by atoms with Gasteiger partial charge < -0.3 is 22.5 Å². The fraction of sp³-hybridized carbons (Fsp3) is 0.179. The summed E-state index contributed by atoms with van der Waals surface area (Å²) in [4.78, 5) is 2.03. The van der Waals surface area contributed by atoms with Gasteiger partial charge in [0.1, 0.15) is 0 Å². The Balaban J connectivity index is 1.73. The normalized spacial score (nSPS) is 16.6. The number of hydrogen-bond acceptors (Lipinski definition) is 1. The molecule has 0 amide bonds. The average Bonchev–Trinajstić information content (AvgIpc) is 3.31. The van der Waals surface area contributed by atoms with Crippen molar-refractivity contribution >= 4 is 52.6 Å². The minimum Gasteiger partial charge on any atom is -0.393 e. The lowest BCUT2D eigenvalue weighted by molar-refractivity contribution is -0.362. The molecule has 5 rings (SSSR count). The monoisotopic (exact) mass is 581 g/mol. The molecule has 2 aromatic carbocycles. The maximum atomic E-state index is 16.3. The van der Waals surface area contributed by atoms with Gasteiger partial charge in [0.2, 0.25) is 0 Å². The van der Waals surface area contributed by atoms with Crippen LogP contribution in [0.3, 0.4) is 0 Å². The van der Waals surface area contributed by atoms with Crippen molar-refractivity contribution in [3.05, 3.63) is 110 Å². The highest BCUT2D eigenvalue weighted by molar-refractivity contribution is 14.1. The van der Waals surface area contributed by atoms with Crippen molar-refractivity contribution in [3.63, 3.8) is 0 Å². The largest absolute Gasteiger partial charge is 0.737 e. The van der Waals surface area contributed by atoms with Crippen molar-refractivity contribution in [2.24, 2.45) is 0 Å². The van der Waals surface area contributed by atoms with Crippen molar-refractivity contribution in [2.75, 3.05) is 19.0 Å². The Morgan fingerprint density at radius 1 is 0.943 bits per heavy atom. The number of allylic oxidation sites excluding steroid dienone is 3. The van der Waals surface area contributed by atoms with Gasteiger partial charge in [0.25, 0.3) is 0 Å². The number of aryl methyl sites for hydroxylation is 2. The first kappa shape index (κ1) is 23.8. The van der Waals surface area contributed by atoms with E-state index in [-0.39, 0.29) is 0 Å². The lowest BCUT2D eigenvalue weighted by atomic mass is 9.84. The van der Waals surface area contributed by atoms with Crippen LogP contribution in [-0.2, 0) is 0 Å². The van der Waals surface area contributed by atoms with Crippen LogP contribution in [0.4, 0.5) is 14.3 Å². The van der Waals surface area contributed by atoms with Crippen LogP contribution in [0.25, 0.3) is 11.6 Å². The predicted octanol–water partition coefficient (Wildman–Crippen LogP) is 6.90. The van der Waals surface area contributed by atoms with E-state index in [1.165, 1.54) is 8.96 Å². The number of benzene rings is 2. The van der Waals surface area contributed by atoms with Gasteiger partial charge in [-0.05, 0) is 102 Å². The molecule has 0 saturated heterocycles. The summed E-state index contributed by atoms with van der Waals surface area (Å²) in [5.41, 5.74) is 7.82. The van der Waals surface area contributed by atoms with Crippen LogP contribution in [0.1, 0.15) is 35.0 Å². The number of aromatic nitrogens is 1. The molecule has 2 aliphatic heterocycles. The third-order valence-electron chi connectivity index (χ3n) is 6.76. The second-order valence-electron chi connectivity index (χ2n) is 9.45. The molecule has 0 aliphatic carbocycles. The molecule has 178 valence electrons. The van der Waals surface area contributed by atoms with Gasteiger partial charge in [-0.25, -0.2) is 0 Å². The molecule has 0 fully saturated rings. The molecule has 3 nitrogen and oxygen atoms in total. The first-order valence-electron chi connectivity index (χ1n) is 11.6. The van der Waals surface area contributed by atoms with Crippen LogP contribution in [0, 0.1) is 17.4 Å². The summed E-state index contributed by atoms with van der Waals surface area (Å²) in [6, 6.07) is 18.0. The van der Waals surface area contributed by atoms with E-state index in [1.54, 1.807) is 13.0 Å². The van der Waals surface area contributed by atoms with Crippen LogP contribution in [0.5, 0.6) is 0 Å². The third-order valence-corrected chi connectivity index (χ3v) is 7.48. The molecule has 0 saturated carbocycles. The minimum absolute atomic E-state index is 0.499. The van der Waals surface area contributed by atoms with Crippen molar-refractivity contribution < 1.29 is 13.1 Å². The fourth-order valence-corrected chi connectivity index (χ4v) is 5.54. The number of anilines is 1. The van der Waals surface area contributed by atoms with E-state index in [2.05, 4.69) is 22.6 Å². The van der Waals surface area contributed by atoms with E-state index in [0.29, 0.717) is 22.8 Å². The van der Waals surface area contributed by atoms with Crippen molar-refractivity contribution in [2.45, 2.75) is 20.8 Å². The lowest BCUT2D eigenvalue weighted by Gasteiger charge is -2.34. The van der Waals surface area contributed by atoms with Crippen LogP contribution in [-0.4, -0.2) is 35.7 Å². The predicted molar refractivity (Wildman–Crippen MR) is 151 cm³/mol. The van der Waals surface area contributed by atoms with Gasteiger partial charge >= 0.3 is 6.97 Å². The Morgan fingerprint density at radius 3 is 2.23 bits per heavy atom. The molecule has 0 spiro atoms. The third kappa shape index (κ3) is 3.90. The summed E-state index contributed by atoms with van der Waals surface area (Å²) in [5.74, 6) is 0. The lowest BCUT2D eigenvalue weighted by Crippen LogP contribution is -2.51. The van der Waals surface area contributed by atoms with Gasteiger partial charge in [0.05, 0.1) is 5.57 Å². The van der Waals surface area contributed by atoms with E-state index in [0.717, 1.165) is 37.1 Å². The van der Waals surface area contributed by atoms with Gasteiger partial charge in [-0.15, -0.1) is 0 Å². The zero-order valence-electron chi connectivity index (χ0n) is 20.5. The van der Waals surface area contributed by atoms with E-state index in [4.69, 9.17) is 0 Å². The molecule has 35 heavy (non-hydrogen) atoms. The molecule has 0 N–H and O–H groups in total. The highest BCUT2D eigenvalue weighted by Gasteiger charge is 2.55. The molecular formula is C28H27BF2IN3. The van der Waals surface area contributed by atoms with Crippen molar-refractivity contribution in [3.8, 4) is 0 Å². The molecule has 0 atom stereocenters. The SMILES string of the molecule is CC1=CC(/C=C/c2ccc(N(C)C)cc2)=[N+]2C1=C(c1ccc(I)cc1)c1c(C)cc(C)n1[B-]2(F)F. The summed E-state index contributed by atoms with van der Waals surface area (Å²) >= 11 is 2.27. The first-order valence-corrected chi connectivity index (χ1v) is 12.7. The summed E-state index contributed by atoms with van der Waals surface area (Å²) in [7, 11) is 3.98. The Bertz CT molecular complexity index is 1460. The van der Waals surface area contributed by atoms with E-state index < -0.39 is 6.97 Å². The van der Waals surface area contributed by atoms with Crippen LogP contribution < -0.4 is 4.90 Å². The zero-order chi connectivity index (χ0) is 25.1. The Kier molecular flexibility index (Phi) is 5.86. The minimum atomic E-state index is -4.06. The number of nitrogens with zero attached hydrogens (tertiary/aromatic N) is 3. The van der Waals surface area contributed by atoms with E-state index in [9.17, 15) is 0 Å². The molecule has 2 aliphatic rings. The molecule has 1 aromatic heterocycles. The van der Waals surface area contributed by atoms with Crippen molar-refractivity contribution in [1.82, 2.24) is 4.48 Å². The van der Waals surface area contributed by atoms with Gasteiger partial charge in [-0.3, -0.25) is 0 Å². The van der Waals surface area contributed by atoms with Crippen LogP contribution in [0.2, 0.25) is 0 Å². The number of hydrogen-bond donors (Lipinski definition) is 0. The molecule has 0 bridgehead atoms. The molecule has 7 heteroatoms.